The Labute approximate surface area is 451 Å². The number of hydrogen-bond donors (Lipinski definition) is 0. The molecule has 0 aliphatic heterocycles. The highest BCUT2D eigenvalue weighted by atomic mass is 15.0. The molecule has 1 aliphatic carbocycles. The molecule has 0 radical (unpaired) electrons. The standard InChI is InChI=1S/C67H51B7N2/c68-58-54(40-31-36-52-48(37-40)55-45(39-19-6-2-7-20-39)26-16-30-53(55)76(52)51-29-15-12-23-44(51)38-17-4-1-5-18-38)59(69)63(73)65-56(58)57-60(70)61(71)62(72)64(74)66(57)75(65)43-34-32-42(33-35-43)67(41-21-8-3-9-22-41)49-27-13-10-24-46(49)47-25-11-14-28-50(47)67/h1-37H,68-74H2. The zero-order valence-electron chi connectivity index (χ0n) is 44.3. The third kappa shape index (κ3) is 6.45. The lowest BCUT2D eigenvalue weighted by molar-refractivity contribution is 0.768. The summed E-state index contributed by atoms with van der Waals surface area (Å²) in [4.78, 5) is 0. The number of hydrogen-bond acceptors (Lipinski definition) is 0. The Morgan fingerprint density at radius 3 is 1.45 bits per heavy atom. The molecule has 0 saturated heterocycles. The minimum Gasteiger partial charge on any atom is -0.310 e. The van der Waals surface area contributed by atoms with Crippen molar-refractivity contribution in [1.82, 2.24) is 9.13 Å². The van der Waals surface area contributed by atoms with Gasteiger partial charge in [-0.3, -0.25) is 0 Å². The van der Waals surface area contributed by atoms with E-state index in [2.05, 4.69) is 289 Å². The topological polar surface area (TPSA) is 9.86 Å². The molecular formula is C67H51B7N2. The summed E-state index contributed by atoms with van der Waals surface area (Å²) in [5.74, 6) is 0. The minimum atomic E-state index is -0.466. The van der Waals surface area contributed by atoms with Gasteiger partial charge in [-0.2, -0.15) is 0 Å². The van der Waals surface area contributed by atoms with E-state index in [9.17, 15) is 0 Å². The van der Waals surface area contributed by atoms with Crippen LogP contribution in [0.4, 0.5) is 0 Å². The highest BCUT2D eigenvalue weighted by Crippen LogP contribution is 2.56. The van der Waals surface area contributed by atoms with Crippen LogP contribution in [0.5, 0.6) is 0 Å². The zero-order chi connectivity index (χ0) is 51.6. The Kier molecular flexibility index (Phi) is 10.6. The average molecular weight is 960 g/mol. The Bertz CT molecular complexity index is 4480. The van der Waals surface area contributed by atoms with E-state index in [0.717, 1.165) is 0 Å². The van der Waals surface area contributed by atoms with Crippen LogP contribution in [-0.4, -0.2) is 64.1 Å². The van der Waals surface area contributed by atoms with E-state index in [1.807, 2.05) is 0 Å². The van der Waals surface area contributed by atoms with E-state index in [1.54, 1.807) is 0 Å². The van der Waals surface area contributed by atoms with Crippen molar-refractivity contribution in [2.24, 2.45) is 0 Å². The Morgan fingerprint density at radius 2 is 0.803 bits per heavy atom. The molecule has 0 atom stereocenters. The quantitative estimate of drug-likeness (QED) is 0.198. The van der Waals surface area contributed by atoms with Crippen LogP contribution in [0.15, 0.2) is 224 Å². The predicted octanol–water partition coefficient (Wildman–Crippen LogP) is 5.05. The molecule has 9 heteroatoms. The van der Waals surface area contributed by atoms with Crippen LogP contribution in [0.3, 0.4) is 0 Å². The van der Waals surface area contributed by atoms with Crippen molar-refractivity contribution >= 4 is 137 Å². The molecule has 11 aromatic carbocycles. The molecule has 0 N–H and O–H groups in total. The molecule has 0 fully saturated rings. The predicted molar refractivity (Wildman–Crippen MR) is 346 cm³/mol. The molecule has 0 amide bonds. The van der Waals surface area contributed by atoms with Crippen LogP contribution >= 0.6 is 0 Å². The first-order valence-corrected chi connectivity index (χ1v) is 26.9. The van der Waals surface area contributed by atoms with Gasteiger partial charge in [0, 0.05) is 38.4 Å². The minimum absolute atomic E-state index is 0.466. The molecule has 2 nitrogen and oxygen atoms in total. The summed E-state index contributed by atoms with van der Waals surface area (Å²) in [5, 5.41) is 5.19. The Balaban J connectivity index is 1.02. The monoisotopic (exact) mass is 960 g/mol. The van der Waals surface area contributed by atoms with Gasteiger partial charge in [0.2, 0.25) is 0 Å². The van der Waals surface area contributed by atoms with Gasteiger partial charge >= 0.3 is 0 Å². The summed E-state index contributed by atoms with van der Waals surface area (Å²) in [6.45, 7) is 0. The maximum Gasteiger partial charge on any atom is 0.141 e. The second kappa shape index (κ2) is 17.5. The number of fused-ring (bicyclic) bond motifs is 9. The first-order chi connectivity index (χ1) is 37.2. The van der Waals surface area contributed by atoms with Gasteiger partial charge in [-0.25, -0.2) is 0 Å². The molecular weight excluding hydrogens is 908 g/mol. The first kappa shape index (κ1) is 46.0. The van der Waals surface area contributed by atoms with Crippen LogP contribution in [0.1, 0.15) is 22.3 Å². The number of rotatable bonds is 7. The van der Waals surface area contributed by atoms with Crippen molar-refractivity contribution in [1.29, 1.82) is 0 Å². The lowest BCUT2D eigenvalue weighted by Gasteiger charge is -2.34. The van der Waals surface area contributed by atoms with Crippen molar-refractivity contribution < 1.29 is 0 Å². The maximum absolute atomic E-state index is 2.61. The van der Waals surface area contributed by atoms with Crippen LogP contribution in [0.25, 0.3) is 99.5 Å². The molecule has 13 aromatic rings. The van der Waals surface area contributed by atoms with E-state index in [1.165, 1.54) is 160 Å². The highest BCUT2D eigenvalue weighted by molar-refractivity contribution is 6.69. The summed E-state index contributed by atoms with van der Waals surface area (Å²) in [5.41, 5.74) is 31.3. The molecule has 2 aromatic heterocycles. The van der Waals surface area contributed by atoms with Crippen LogP contribution in [0, 0.1) is 0 Å². The van der Waals surface area contributed by atoms with E-state index in [4.69, 9.17) is 0 Å². The molecule has 14 rings (SSSR count). The van der Waals surface area contributed by atoms with Crippen LogP contribution < -0.4 is 38.2 Å². The summed E-state index contributed by atoms with van der Waals surface area (Å²) >= 11 is 0. The van der Waals surface area contributed by atoms with E-state index >= 15 is 0 Å². The number of benzene rings is 11. The fourth-order valence-corrected chi connectivity index (χ4v) is 13.8. The normalized spacial score (nSPS) is 12.7. The maximum atomic E-state index is 2.61. The third-order valence-electron chi connectivity index (χ3n) is 17.7. The third-order valence-corrected chi connectivity index (χ3v) is 17.7. The van der Waals surface area contributed by atoms with Gasteiger partial charge in [-0.1, -0.05) is 221 Å². The summed E-state index contributed by atoms with van der Waals surface area (Å²) in [6, 6.07) is 83.5. The van der Waals surface area contributed by atoms with Crippen molar-refractivity contribution in [2.45, 2.75) is 5.41 Å². The van der Waals surface area contributed by atoms with Gasteiger partial charge in [-0.15, -0.1) is 5.46 Å². The lowest BCUT2D eigenvalue weighted by Crippen LogP contribution is -2.48. The summed E-state index contributed by atoms with van der Waals surface area (Å²) in [7, 11) is 16.4. The number of aromatic nitrogens is 2. The van der Waals surface area contributed by atoms with E-state index in [0.29, 0.717) is 0 Å². The first-order valence-electron chi connectivity index (χ1n) is 26.9. The molecule has 76 heavy (non-hydrogen) atoms. The molecule has 350 valence electrons. The Morgan fingerprint density at radius 1 is 0.303 bits per heavy atom. The van der Waals surface area contributed by atoms with E-state index < -0.39 is 5.41 Å². The molecule has 0 spiro atoms. The van der Waals surface area contributed by atoms with Crippen molar-refractivity contribution in [3.63, 3.8) is 0 Å². The van der Waals surface area contributed by atoms with Crippen molar-refractivity contribution in [2.75, 3.05) is 0 Å². The molecule has 2 heterocycles. The van der Waals surface area contributed by atoms with Crippen LogP contribution in [-0.2, 0) is 5.41 Å². The van der Waals surface area contributed by atoms with E-state index in [-0.39, 0.29) is 0 Å². The number of para-hydroxylation sites is 1. The second-order valence-electron chi connectivity index (χ2n) is 21.3. The zero-order valence-corrected chi connectivity index (χ0v) is 44.3. The molecule has 1 aliphatic rings. The molecule has 0 bridgehead atoms. The lowest BCUT2D eigenvalue weighted by atomic mass is 9.64. The molecule has 0 unspecified atom stereocenters. The largest absolute Gasteiger partial charge is 0.310 e. The van der Waals surface area contributed by atoms with Gasteiger partial charge in [0.25, 0.3) is 0 Å². The van der Waals surface area contributed by atoms with Gasteiger partial charge in [-0.05, 0) is 103 Å². The fourth-order valence-electron chi connectivity index (χ4n) is 13.8. The molecule has 0 saturated carbocycles. The van der Waals surface area contributed by atoms with Crippen molar-refractivity contribution in [3.8, 4) is 55.9 Å². The van der Waals surface area contributed by atoms with Gasteiger partial charge < -0.3 is 9.13 Å². The van der Waals surface area contributed by atoms with Crippen molar-refractivity contribution in [3.05, 3.63) is 247 Å². The summed E-state index contributed by atoms with van der Waals surface area (Å²) in [6.07, 6.45) is 0. The smallest absolute Gasteiger partial charge is 0.141 e. The fraction of sp³-hybridized carbons (Fsp3) is 0.0149. The van der Waals surface area contributed by atoms with Gasteiger partial charge in [0.1, 0.15) is 54.9 Å². The van der Waals surface area contributed by atoms with Gasteiger partial charge in [0.15, 0.2) is 0 Å². The summed E-state index contributed by atoms with van der Waals surface area (Å²) < 4.78 is 5.11. The second-order valence-corrected chi connectivity index (χ2v) is 21.3. The highest BCUT2D eigenvalue weighted by Gasteiger charge is 2.46. The number of nitrogens with zero attached hydrogens (tertiary/aromatic N) is 2. The SMILES string of the molecule is Bc1c(B)c(B)c2c(c1B)c1c(B)c(-c3ccc4c(c3)c3c(-c5ccccc5)cccc3n4-c3ccccc3-c3ccccc3)c(B)c(B)c1n2-c1ccc(C2(c3ccccc3)c3ccccc3-c3ccccc32)cc1. The van der Waals surface area contributed by atoms with Crippen LogP contribution in [0.2, 0.25) is 0 Å². The Hall–Kier alpha value is -8.53. The average Bonchev–Trinajstić information content (AvgIpc) is 4.26. The van der Waals surface area contributed by atoms with Gasteiger partial charge in [0.05, 0.1) is 22.1 Å².